The number of likely N-dealkylation sites (tertiary alicyclic amines) is 1. The summed E-state index contributed by atoms with van der Waals surface area (Å²) in [6.45, 7) is 10.0. The van der Waals surface area contributed by atoms with Gasteiger partial charge in [-0.2, -0.15) is 0 Å². The Balaban J connectivity index is 1.99. The molecule has 4 atom stereocenters. The molecule has 110 valence electrons. The predicted molar refractivity (Wildman–Crippen MR) is 79.9 cm³/mol. The molecule has 1 aromatic rings. The van der Waals surface area contributed by atoms with E-state index in [9.17, 15) is 4.79 Å². The predicted octanol–water partition coefficient (Wildman–Crippen LogP) is 1.93. The van der Waals surface area contributed by atoms with Crippen molar-refractivity contribution in [3.8, 4) is 0 Å². The van der Waals surface area contributed by atoms with Gasteiger partial charge in [0.05, 0.1) is 24.2 Å². The van der Waals surface area contributed by atoms with Gasteiger partial charge in [0.15, 0.2) is 0 Å². The molecule has 20 heavy (non-hydrogen) atoms. The number of rotatable bonds is 3. The van der Waals surface area contributed by atoms with Gasteiger partial charge in [0.1, 0.15) is 6.10 Å². The summed E-state index contributed by atoms with van der Waals surface area (Å²) in [5.74, 6) is 0.221. The second kappa shape index (κ2) is 6.40. The van der Waals surface area contributed by atoms with Crippen molar-refractivity contribution in [2.24, 2.45) is 5.92 Å². The van der Waals surface area contributed by atoms with Crippen LogP contribution in [0.15, 0.2) is 30.3 Å². The summed E-state index contributed by atoms with van der Waals surface area (Å²) in [6, 6.07) is 10.4. The van der Waals surface area contributed by atoms with Crippen LogP contribution in [0.4, 0.5) is 0 Å². The molecule has 1 saturated heterocycles. The van der Waals surface area contributed by atoms with E-state index in [2.05, 4.69) is 27.7 Å². The molecule has 1 fully saturated rings. The first-order valence-corrected chi connectivity index (χ1v) is 7.60. The lowest BCUT2D eigenvalue weighted by atomic mass is 9.90. The fourth-order valence-corrected chi connectivity index (χ4v) is 3.19. The normalized spacial score (nSPS) is 30.2. The molecule has 0 aliphatic carbocycles. The maximum atomic E-state index is 12.2. The van der Waals surface area contributed by atoms with E-state index in [0.29, 0.717) is 23.6 Å². The number of carbonyl (C=O) groups is 1. The van der Waals surface area contributed by atoms with Gasteiger partial charge in [-0.25, -0.2) is 4.79 Å². The minimum absolute atomic E-state index is 0.0419. The van der Waals surface area contributed by atoms with Crippen molar-refractivity contribution in [3.63, 3.8) is 0 Å². The van der Waals surface area contributed by atoms with Gasteiger partial charge < -0.3 is 9.64 Å². The second-order valence-corrected chi connectivity index (χ2v) is 6.36. The third-order valence-electron chi connectivity index (χ3n) is 4.42. The minimum Gasteiger partial charge on any atom is -0.458 e. The van der Waals surface area contributed by atoms with Crippen LogP contribution in [-0.4, -0.2) is 30.7 Å². The smallest absolute Gasteiger partial charge is 0.338 e. The number of esters is 1. The van der Waals surface area contributed by atoms with E-state index in [1.54, 1.807) is 4.90 Å². The van der Waals surface area contributed by atoms with Gasteiger partial charge in [-0.15, -0.1) is 0 Å². The van der Waals surface area contributed by atoms with Crippen molar-refractivity contribution in [2.45, 2.75) is 52.3 Å². The highest BCUT2D eigenvalue weighted by atomic mass is 16.5. The molecule has 1 aromatic carbocycles. The molecule has 1 heterocycles. The third kappa shape index (κ3) is 3.40. The Labute approximate surface area is 121 Å². The van der Waals surface area contributed by atoms with Crippen molar-refractivity contribution in [2.75, 3.05) is 6.54 Å². The quantitative estimate of drug-likeness (QED) is 0.855. The SMILES string of the molecule is CC(C)[NH+]1C[C@@H](C)[C@@H](OC(=O)c2ccccc2)C[C@@H]1C. The summed E-state index contributed by atoms with van der Waals surface area (Å²) in [5.41, 5.74) is 0.644. The summed E-state index contributed by atoms with van der Waals surface area (Å²) in [4.78, 5) is 13.8. The van der Waals surface area contributed by atoms with Gasteiger partial charge in [0, 0.05) is 12.3 Å². The van der Waals surface area contributed by atoms with E-state index >= 15 is 0 Å². The number of hydrogen-bond acceptors (Lipinski definition) is 2. The zero-order valence-corrected chi connectivity index (χ0v) is 12.9. The molecule has 0 bridgehead atoms. The first-order chi connectivity index (χ1) is 9.49. The van der Waals surface area contributed by atoms with Crippen molar-refractivity contribution in [1.82, 2.24) is 0 Å². The fraction of sp³-hybridized carbons (Fsp3) is 0.588. The van der Waals surface area contributed by atoms with E-state index in [4.69, 9.17) is 4.74 Å². The zero-order chi connectivity index (χ0) is 14.7. The van der Waals surface area contributed by atoms with Crippen molar-refractivity contribution in [1.29, 1.82) is 0 Å². The monoisotopic (exact) mass is 276 g/mol. The number of quaternary nitrogens is 1. The van der Waals surface area contributed by atoms with E-state index < -0.39 is 0 Å². The number of benzene rings is 1. The molecule has 0 saturated carbocycles. The standard InChI is InChI=1S/C17H25NO2/c1-12(2)18-11-13(3)16(10-14(18)4)20-17(19)15-8-6-5-7-9-15/h5-9,12-14,16H,10-11H2,1-4H3/p+1/t13-,14+,16+/m1/s1. The Bertz CT molecular complexity index is 444. The highest BCUT2D eigenvalue weighted by Gasteiger charge is 2.37. The van der Waals surface area contributed by atoms with Gasteiger partial charge in [-0.1, -0.05) is 25.1 Å². The first kappa shape index (κ1) is 15.0. The number of carbonyl (C=O) groups excluding carboxylic acids is 1. The minimum atomic E-state index is -0.192. The molecule has 0 spiro atoms. The van der Waals surface area contributed by atoms with Gasteiger partial charge >= 0.3 is 5.97 Å². The maximum Gasteiger partial charge on any atom is 0.338 e. The summed E-state index contributed by atoms with van der Waals surface area (Å²) < 4.78 is 5.74. The number of ether oxygens (including phenoxy) is 1. The highest BCUT2D eigenvalue weighted by Crippen LogP contribution is 2.18. The molecule has 0 amide bonds. The molecular weight excluding hydrogens is 250 g/mol. The molecule has 1 aliphatic heterocycles. The van der Waals surface area contributed by atoms with Crippen molar-refractivity contribution < 1.29 is 14.4 Å². The lowest BCUT2D eigenvalue weighted by Crippen LogP contribution is -3.20. The molecular formula is C17H26NO2+. The van der Waals surface area contributed by atoms with Gasteiger partial charge in [-0.3, -0.25) is 0 Å². The van der Waals surface area contributed by atoms with Crippen molar-refractivity contribution in [3.05, 3.63) is 35.9 Å². The van der Waals surface area contributed by atoms with Crippen LogP contribution in [0.5, 0.6) is 0 Å². The highest BCUT2D eigenvalue weighted by molar-refractivity contribution is 5.89. The molecule has 3 nitrogen and oxygen atoms in total. The Morgan fingerprint density at radius 2 is 1.90 bits per heavy atom. The van der Waals surface area contributed by atoms with E-state index in [0.717, 1.165) is 13.0 Å². The topological polar surface area (TPSA) is 30.7 Å². The number of piperidine rings is 1. The molecule has 1 aliphatic rings. The Morgan fingerprint density at radius 1 is 1.25 bits per heavy atom. The van der Waals surface area contributed by atoms with Crippen LogP contribution in [0.1, 0.15) is 44.5 Å². The summed E-state index contributed by atoms with van der Waals surface area (Å²) in [6.07, 6.45) is 0.993. The van der Waals surface area contributed by atoms with E-state index in [1.165, 1.54) is 0 Å². The summed E-state index contributed by atoms with van der Waals surface area (Å²) in [7, 11) is 0. The summed E-state index contributed by atoms with van der Waals surface area (Å²) in [5, 5.41) is 0. The number of hydrogen-bond donors (Lipinski definition) is 1. The van der Waals surface area contributed by atoms with Crippen LogP contribution in [0.25, 0.3) is 0 Å². The van der Waals surface area contributed by atoms with Crippen LogP contribution >= 0.6 is 0 Å². The largest absolute Gasteiger partial charge is 0.458 e. The molecule has 0 radical (unpaired) electrons. The Hall–Kier alpha value is -1.35. The average molecular weight is 276 g/mol. The van der Waals surface area contributed by atoms with Gasteiger partial charge in [0.2, 0.25) is 0 Å². The Kier molecular flexibility index (Phi) is 4.81. The molecule has 3 heteroatoms. The van der Waals surface area contributed by atoms with E-state index in [-0.39, 0.29) is 12.1 Å². The van der Waals surface area contributed by atoms with Gasteiger partial charge in [0.25, 0.3) is 0 Å². The van der Waals surface area contributed by atoms with E-state index in [1.807, 2.05) is 30.3 Å². The van der Waals surface area contributed by atoms with Crippen LogP contribution < -0.4 is 4.90 Å². The molecule has 1 unspecified atom stereocenters. The fourth-order valence-electron chi connectivity index (χ4n) is 3.19. The first-order valence-electron chi connectivity index (χ1n) is 7.60. The van der Waals surface area contributed by atoms with Gasteiger partial charge in [-0.05, 0) is 32.9 Å². The second-order valence-electron chi connectivity index (χ2n) is 6.36. The van der Waals surface area contributed by atoms with Crippen LogP contribution in [0.3, 0.4) is 0 Å². The lowest BCUT2D eigenvalue weighted by molar-refractivity contribution is -0.953. The molecule has 2 rings (SSSR count). The number of nitrogens with one attached hydrogen (secondary N) is 1. The summed E-state index contributed by atoms with van der Waals surface area (Å²) >= 11 is 0. The van der Waals surface area contributed by atoms with Crippen molar-refractivity contribution >= 4 is 5.97 Å². The third-order valence-corrected chi connectivity index (χ3v) is 4.42. The maximum absolute atomic E-state index is 12.2. The van der Waals surface area contributed by atoms with Crippen LogP contribution in [0, 0.1) is 5.92 Å². The lowest BCUT2D eigenvalue weighted by Gasteiger charge is -2.40. The van der Waals surface area contributed by atoms with Crippen LogP contribution in [-0.2, 0) is 4.74 Å². The average Bonchev–Trinajstić information content (AvgIpc) is 2.43. The molecule has 0 aromatic heterocycles. The van der Waals surface area contributed by atoms with Crippen LogP contribution in [0.2, 0.25) is 0 Å². The Morgan fingerprint density at radius 3 is 2.50 bits per heavy atom. The zero-order valence-electron chi connectivity index (χ0n) is 12.9. The molecule has 1 N–H and O–H groups in total.